The summed E-state index contributed by atoms with van der Waals surface area (Å²) in [6.07, 6.45) is 4.26. The summed E-state index contributed by atoms with van der Waals surface area (Å²) in [5.41, 5.74) is 3.52. The molecule has 4 rings (SSSR count). The molecule has 0 saturated carbocycles. The number of nitriles is 1. The second-order valence-electron chi connectivity index (χ2n) is 7.49. The van der Waals surface area contributed by atoms with E-state index in [1.807, 2.05) is 41.9 Å². The first kappa shape index (κ1) is 22.8. The van der Waals surface area contributed by atoms with Crippen molar-refractivity contribution < 1.29 is 12.6 Å². The summed E-state index contributed by atoms with van der Waals surface area (Å²) >= 11 is 6.12. The van der Waals surface area contributed by atoms with E-state index in [-0.39, 0.29) is 12.3 Å². The van der Waals surface area contributed by atoms with Crippen LogP contribution in [0.15, 0.2) is 67.0 Å². The minimum atomic E-state index is -4.02. The molecule has 7 nitrogen and oxygen atoms in total. The van der Waals surface area contributed by atoms with Crippen LogP contribution >= 0.6 is 11.6 Å². The molecule has 4 aromatic rings. The number of nitrogens with one attached hydrogen (secondary N) is 1. The number of hydrogen-bond acceptors (Lipinski definition) is 5. The molecule has 0 amide bonds. The van der Waals surface area contributed by atoms with E-state index in [4.69, 9.17) is 15.8 Å². The zero-order valence-electron chi connectivity index (χ0n) is 17.8. The van der Waals surface area contributed by atoms with Gasteiger partial charge in [0.25, 0.3) is 0 Å². The third kappa shape index (κ3) is 5.17. The lowest BCUT2D eigenvalue weighted by molar-refractivity contribution is 0.469. The fourth-order valence-electron chi connectivity index (χ4n) is 3.74. The van der Waals surface area contributed by atoms with Crippen LogP contribution in [0, 0.1) is 11.3 Å². The van der Waals surface area contributed by atoms with Gasteiger partial charge in [-0.25, -0.2) is 0 Å². The molecule has 2 heterocycles. The van der Waals surface area contributed by atoms with E-state index in [1.165, 1.54) is 6.20 Å². The molecule has 0 aliphatic carbocycles. The Morgan fingerprint density at radius 2 is 1.94 bits per heavy atom. The number of nitrogens with zero attached hydrogens (tertiary/aromatic N) is 3. The van der Waals surface area contributed by atoms with E-state index in [1.54, 1.807) is 30.5 Å². The Hall–Kier alpha value is -3.38. The molecule has 0 unspecified atom stereocenters. The lowest BCUT2D eigenvalue weighted by Crippen LogP contribution is -2.29. The topological polar surface area (TPSA) is 97.0 Å². The fourth-order valence-corrected chi connectivity index (χ4v) is 4.71. The number of benzene rings is 2. The highest BCUT2D eigenvalue weighted by molar-refractivity contribution is 7.85. The second kappa shape index (κ2) is 9.63. The molecule has 2 aromatic heterocycles. The fraction of sp³-hybridized carbons (Fsp3) is 0.167. The Bertz CT molecular complexity index is 1440. The third-order valence-corrected chi connectivity index (χ3v) is 6.44. The smallest absolute Gasteiger partial charge is 0.369 e. The Labute approximate surface area is 197 Å². The molecular formula is C24H21ClN4O3S. The maximum atomic E-state index is 12.4. The predicted octanol–water partition coefficient (Wildman–Crippen LogP) is 4.61. The van der Waals surface area contributed by atoms with Crippen molar-refractivity contribution in [1.82, 2.24) is 14.3 Å². The largest absolute Gasteiger partial charge is 0.382 e. The Balaban J connectivity index is 1.51. The maximum absolute atomic E-state index is 12.4. The SMILES string of the molecule is Cn1c(-c2cncc(OS(=O)(=O)NCCCc3ccccc3)c2)c(C#N)c2ccc(Cl)cc21. The van der Waals surface area contributed by atoms with Crippen LogP contribution in [0.3, 0.4) is 0 Å². The molecular weight excluding hydrogens is 460 g/mol. The summed E-state index contributed by atoms with van der Waals surface area (Å²) in [5.74, 6) is 0.0511. The van der Waals surface area contributed by atoms with Gasteiger partial charge in [-0.15, -0.1) is 0 Å². The Morgan fingerprint density at radius 3 is 2.70 bits per heavy atom. The minimum Gasteiger partial charge on any atom is -0.369 e. The van der Waals surface area contributed by atoms with Crippen LogP contribution in [0.2, 0.25) is 5.02 Å². The average Bonchev–Trinajstić information content (AvgIpc) is 3.08. The van der Waals surface area contributed by atoms with Crippen molar-refractivity contribution in [3.63, 3.8) is 0 Å². The number of aromatic nitrogens is 2. The van der Waals surface area contributed by atoms with E-state index in [2.05, 4.69) is 15.8 Å². The van der Waals surface area contributed by atoms with Gasteiger partial charge in [0.15, 0.2) is 5.75 Å². The van der Waals surface area contributed by atoms with Crippen LogP contribution in [-0.4, -0.2) is 24.5 Å². The third-order valence-electron chi connectivity index (χ3n) is 5.23. The van der Waals surface area contributed by atoms with Gasteiger partial charge in [0, 0.05) is 35.8 Å². The first-order valence-electron chi connectivity index (χ1n) is 10.2. The number of rotatable bonds is 8. The summed E-state index contributed by atoms with van der Waals surface area (Å²) in [4.78, 5) is 4.12. The molecule has 168 valence electrons. The molecule has 9 heteroatoms. The van der Waals surface area contributed by atoms with Crippen molar-refractivity contribution in [2.45, 2.75) is 12.8 Å². The first-order chi connectivity index (χ1) is 15.9. The van der Waals surface area contributed by atoms with Crippen molar-refractivity contribution >= 4 is 32.8 Å². The van der Waals surface area contributed by atoms with Crippen LogP contribution in [0.1, 0.15) is 17.5 Å². The quantitative estimate of drug-likeness (QED) is 0.371. The van der Waals surface area contributed by atoms with Crippen molar-refractivity contribution in [3.8, 4) is 23.1 Å². The average molecular weight is 481 g/mol. The van der Waals surface area contributed by atoms with Gasteiger partial charge < -0.3 is 8.75 Å². The van der Waals surface area contributed by atoms with Crippen molar-refractivity contribution in [2.75, 3.05) is 6.54 Å². The number of fused-ring (bicyclic) bond motifs is 1. The standard InChI is InChI=1S/C24H21ClN4O3S/c1-29-23-13-19(25)9-10-21(23)22(14-26)24(29)18-12-20(16-27-15-18)32-33(30,31)28-11-5-8-17-6-3-2-4-7-17/h2-4,6-7,9-10,12-13,15-16,28H,5,8,11H2,1H3. The van der Waals surface area contributed by atoms with Gasteiger partial charge in [-0.3, -0.25) is 4.98 Å². The van der Waals surface area contributed by atoms with Gasteiger partial charge in [0.2, 0.25) is 0 Å². The highest BCUT2D eigenvalue weighted by Crippen LogP contribution is 2.34. The summed E-state index contributed by atoms with van der Waals surface area (Å²) in [7, 11) is -2.21. The van der Waals surface area contributed by atoms with Crippen molar-refractivity contribution in [2.24, 2.45) is 7.05 Å². The van der Waals surface area contributed by atoms with Crippen LogP contribution in [0.25, 0.3) is 22.2 Å². The van der Waals surface area contributed by atoms with Crippen LogP contribution in [0.4, 0.5) is 0 Å². The molecule has 2 aromatic carbocycles. The molecule has 33 heavy (non-hydrogen) atoms. The van der Waals surface area contributed by atoms with Crippen LogP contribution < -0.4 is 8.91 Å². The highest BCUT2D eigenvalue weighted by Gasteiger charge is 2.19. The van der Waals surface area contributed by atoms with Crippen molar-refractivity contribution in [3.05, 3.63) is 83.1 Å². The number of halogens is 1. The molecule has 0 bridgehead atoms. The summed E-state index contributed by atoms with van der Waals surface area (Å²) in [6, 6.07) is 18.9. The molecule has 0 radical (unpaired) electrons. The molecule has 0 aliphatic rings. The Morgan fingerprint density at radius 1 is 1.15 bits per heavy atom. The van der Waals surface area contributed by atoms with Gasteiger partial charge >= 0.3 is 10.3 Å². The van der Waals surface area contributed by atoms with Gasteiger partial charge in [-0.05, 0) is 42.7 Å². The van der Waals surface area contributed by atoms with Crippen LogP contribution in [-0.2, 0) is 23.8 Å². The van der Waals surface area contributed by atoms with Crippen molar-refractivity contribution in [1.29, 1.82) is 5.26 Å². The van der Waals surface area contributed by atoms with E-state index in [9.17, 15) is 13.7 Å². The summed E-state index contributed by atoms with van der Waals surface area (Å²) in [5, 5.41) is 11.1. The number of hydrogen-bond donors (Lipinski definition) is 1. The number of aryl methyl sites for hydroxylation is 2. The predicted molar refractivity (Wildman–Crippen MR) is 128 cm³/mol. The first-order valence-corrected chi connectivity index (χ1v) is 12.0. The van der Waals surface area contributed by atoms with Crippen LogP contribution in [0.5, 0.6) is 5.75 Å². The molecule has 0 saturated heterocycles. The normalized spacial score (nSPS) is 11.4. The highest BCUT2D eigenvalue weighted by atomic mass is 35.5. The van der Waals surface area contributed by atoms with E-state index in [0.29, 0.717) is 28.3 Å². The minimum absolute atomic E-state index is 0.0511. The van der Waals surface area contributed by atoms with Gasteiger partial charge in [-0.1, -0.05) is 41.9 Å². The van der Waals surface area contributed by atoms with Gasteiger partial charge in [0.1, 0.15) is 6.07 Å². The lowest BCUT2D eigenvalue weighted by Gasteiger charge is -2.10. The zero-order valence-corrected chi connectivity index (χ0v) is 19.4. The van der Waals surface area contributed by atoms with E-state index >= 15 is 0 Å². The second-order valence-corrected chi connectivity index (χ2v) is 9.29. The van der Waals surface area contributed by atoms with E-state index < -0.39 is 10.3 Å². The molecule has 0 aliphatic heterocycles. The molecule has 1 N–H and O–H groups in total. The lowest BCUT2D eigenvalue weighted by atomic mass is 10.1. The van der Waals surface area contributed by atoms with E-state index in [0.717, 1.165) is 22.9 Å². The molecule has 0 fully saturated rings. The molecule has 0 spiro atoms. The van der Waals surface area contributed by atoms with Gasteiger partial charge in [0.05, 0.1) is 23.0 Å². The monoisotopic (exact) mass is 480 g/mol. The maximum Gasteiger partial charge on any atom is 0.382 e. The zero-order chi connectivity index (χ0) is 23.4. The summed E-state index contributed by atoms with van der Waals surface area (Å²) in [6.45, 7) is 0.243. The Kier molecular flexibility index (Phi) is 6.65. The number of pyridine rings is 1. The summed E-state index contributed by atoms with van der Waals surface area (Å²) < 4.78 is 34.3. The van der Waals surface area contributed by atoms with Gasteiger partial charge in [-0.2, -0.15) is 18.4 Å². The molecule has 0 atom stereocenters.